The van der Waals surface area contributed by atoms with Gasteiger partial charge in [0.05, 0.1) is 19.4 Å². The summed E-state index contributed by atoms with van der Waals surface area (Å²) in [5.41, 5.74) is 1.05. The molecule has 2 heterocycles. The Hall–Kier alpha value is -2.27. The molecule has 1 N–H and O–H groups in total. The van der Waals surface area contributed by atoms with Gasteiger partial charge >= 0.3 is 0 Å². The normalized spacial score (nSPS) is 25.9. The highest BCUT2D eigenvalue weighted by Crippen LogP contribution is 2.40. The lowest BCUT2D eigenvalue weighted by Crippen LogP contribution is -2.28. The Labute approximate surface area is 160 Å². The first-order chi connectivity index (χ1) is 13.1. The Morgan fingerprint density at radius 1 is 1.07 bits per heavy atom. The number of rotatable bonds is 6. The molecule has 4 atom stereocenters. The number of hydrogen-bond acceptors (Lipinski definition) is 5. The minimum atomic E-state index is 0.226. The van der Waals surface area contributed by atoms with E-state index in [4.69, 9.17) is 9.47 Å². The van der Waals surface area contributed by atoms with Gasteiger partial charge in [0.2, 0.25) is 0 Å². The average Bonchev–Trinajstić information content (AvgIpc) is 3.20. The van der Waals surface area contributed by atoms with Crippen LogP contribution in [0.4, 0.5) is 0 Å². The number of nitrogens with zero attached hydrogens (tertiary/aromatic N) is 2. The molecule has 0 spiro atoms. The molecule has 2 aliphatic rings. The summed E-state index contributed by atoms with van der Waals surface area (Å²) in [6.45, 7) is 5.53. The average molecular weight is 368 g/mol. The molecule has 5 heteroatoms. The zero-order valence-electron chi connectivity index (χ0n) is 16.0. The van der Waals surface area contributed by atoms with E-state index in [1.165, 1.54) is 6.20 Å². The Kier molecular flexibility index (Phi) is 5.21. The highest BCUT2D eigenvalue weighted by Gasteiger charge is 2.42. The van der Waals surface area contributed by atoms with Crippen molar-refractivity contribution in [2.45, 2.75) is 31.8 Å². The van der Waals surface area contributed by atoms with E-state index in [1.807, 2.05) is 30.3 Å². The number of benzene rings is 1. The predicted octanol–water partition coefficient (Wildman–Crippen LogP) is 3.69. The molecule has 1 aromatic carbocycles. The van der Waals surface area contributed by atoms with Crippen molar-refractivity contribution in [3.8, 4) is 17.2 Å². The van der Waals surface area contributed by atoms with Gasteiger partial charge in [0.25, 0.3) is 0 Å². The highest BCUT2D eigenvalue weighted by molar-refractivity contribution is 5.31. The third kappa shape index (κ3) is 4.19. The number of pyridine rings is 1. The molecule has 1 saturated heterocycles. The van der Waals surface area contributed by atoms with Crippen LogP contribution in [0.2, 0.25) is 0 Å². The Balaban J connectivity index is 1.27. The van der Waals surface area contributed by atoms with Crippen LogP contribution >= 0.6 is 0 Å². The van der Waals surface area contributed by atoms with E-state index >= 15 is 0 Å². The molecule has 27 heavy (non-hydrogen) atoms. The molecule has 5 nitrogen and oxygen atoms in total. The maximum atomic E-state index is 9.40. The molecule has 0 bridgehead atoms. The molecule has 0 radical (unpaired) electrons. The topological polar surface area (TPSA) is 54.8 Å². The van der Waals surface area contributed by atoms with Gasteiger partial charge in [-0.3, -0.25) is 4.98 Å². The molecule has 1 saturated carbocycles. The Morgan fingerprint density at radius 2 is 1.74 bits per heavy atom. The van der Waals surface area contributed by atoms with Gasteiger partial charge in [0.1, 0.15) is 17.2 Å². The maximum absolute atomic E-state index is 9.40. The summed E-state index contributed by atoms with van der Waals surface area (Å²) in [5.74, 6) is 3.85. The van der Waals surface area contributed by atoms with Gasteiger partial charge in [-0.1, -0.05) is 6.92 Å². The van der Waals surface area contributed by atoms with Crippen LogP contribution in [-0.2, 0) is 0 Å². The number of aromatic hydroxyl groups is 1. The minimum Gasteiger partial charge on any atom is -0.506 e. The van der Waals surface area contributed by atoms with E-state index in [2.05, 4.69) is 16.8 Å². The third-order valence-corrected chi connectivity index (χ3v) is 5.95. The quantitative estimate of drug-likeness (QED) is 0.843. The van der Waals surface area contributed by atoms with Crippen LogP contribution in [0.25, 0.3) is 0 Å². The van der Waals surface area contributed by atoms with Gasteiger partial charge in [0, 0.05) is 31.2 Å². The number of hydrogen-bond donors (Lipinski definition) is 1. The summed E-state index contributed by atoms with van der Waals surface area (Å²) >= 11 is 0. The summed E-state index contributed by atoms with van der Waals surface area (Å²) in [5, 5.41) is 9.40. The summed E-state index contributed by atoms with van der Waals surface area (Å²) in [7, 11) is 1.68. The van der Waals surface area contributed by atoms with Gasteiger partial charge in [-0.15, -0.1) is 0 Å². The van der Waals surface area contributed by atoms with E-state index in [0.29, 0.717) is 12.0 Å². The van der Waals surface area contributed by atoms with Gasteiger partial charge in [-0.25, -0.2) is 0 Å². The lowest BCUT2D eigenvalue weighted by Gasteiger charge is -2.23. The van der Waals surface area contributed by atoms with Crippen molar-refractivity contribution < 1.29 is 14.6 Å². The van der Waals surface area contributed by atoms with Crippen LogP contribution in [0, 0.1) is 11.8 Å². The zero-order valence-corrected chi connectivity index (χ0v) is 16.0. The van der Waals surface area contributed by atoms with Crippen molar-refractivity contribution in [1.82, 2.24) is 9.88 Å². The highest BCUT2D eigenvalue weighted by atomic mass is 16.5. The number of aromatic nitrogens is 1. The maximum Gasteiger partial charge on any atom is 0.133 e. The summed E-state index contributed by atoms with van der Waals surface area (Å²) in [6, 6.07) is 11.5. The molecular weight excluding hydrogens is 340 g/mol. The van der Waals surface area contributed by atoms with Gasteiger partial charge < -0.3 is 19.5 Å². The Bertz CT molecular complexity index is 733. The van der Waals surface area contributed by atoms with Crippen LogP contribution < -0.4 is 9.47 Å². The van der Waals surface area contributed by atoms with Crippen LogP contribution in [-0.4, -0.2) is 47.8 Å². The van der Waals surface area contributed by atoms with E-state index in [-0.39, 0.29) is 5.75 Å². The van der Waals surface area contributed by atoms with E-state index in [9.17, 15) is 5.11 Å². The molecule has 2 aromatic rings. The summed E-state index contributed by atoms with van der Waals surface area (Å²) in [4.78, 5) is 6.93. The first-order valence-electron chi connectivity index (χ1n) is 9.78. The summed E-state index contributed by atoms with van der Waals surface area (Å²) < 4.78 is 11.4. The van der Waals surface area contributed by atoms with Crippen molar-refractivity contribution in [3.05, 3.63) is 48.3 Å². The lowest BCUT2D eigenvalue weighted by molar-refractivity contribution is 0.184. The fourth-order valence-corrected chi connectivity index (χ4v) is 4.60. The molecule has 3 unspecified atom stereocenters. The van der Waals surface area contributed by atoms with Crippen LogP contribution in [0.5, 0.6) is 17.2 Å². The van der Waals surface area contributed by atoms with E-state index in [1.54, 1.807) is 13.2 Å². The molecule has 1 aromatic heterocycles. The van der Waals surface area contributed by atoms with Gasteiger partial charge in [-0.2, -0.15) is 0 Å². The van der Waals surface area contributed by atoms with Crippen LogP contribution in [0.15, 0.2) is 42.6 Å². The molecular formula is C22H28N2O3. The second-order valence-electron chi connectivity index (χ2n) is 7.97. The van der Waals surface area contributed by atoms with Gasteiger partial charge in [0.15, 0.2) is 0 Å². The first-order valence-corrected chi connectivity index (χ1v) is 9.78. The van der Waals surface area contributed by atoms with Crippen molar-refractivity contribution in [1.29, 1.82) is 0 Å². The number of methoxy groups -OCH3 is 1. The molecule has 144 valence electrons. The van der Waals surface area contributed by atoms with Crippen molar-refractivity contribution in [3.63, 3.8) is 0 Å². The summed E-state index contributed by atoms with van der Waals surface area (Å²) in [6.07, 6.45) is 4.13. The first kappa shape index (κ1) is 18.1. The van der Waals surface area contributed by atoms with E-state index in [0.717, 1.165) is 61.5 Å². The number of likely N-dealkylation sites (tertiary alicyclic amines) is 1. The third-order valence-electron chi connectivity index (χ3n) is 5.95. The standard InChI is InChI=1S/C22H28N2O3/c1-15(22-8-3-18(25)11-23-22)12-24-13-16-9-21(10-17(16)14-24)27-20-6-4-19(26-2)5-7-20/h3-8,11,15-17,21,25H,9-10,12-14H2,1-2H3/t15?,16-,17?,21?/m1/s1. The lowest BCUT2D eigenvalue weighted by atomic mass is 10.0. The number of fused-ring (bicyclic) bond motifs is 1. The zero-order chi connectivity index (χ0) is 18.8. The Morgan fingerprint density at radius 3 is 2.33 bits per heavy atom. The number of ether oxygens (including phenoxy) is 2. The minimum absolute atomic E-state index is 0.226. The second kappa shape index (κ2) is 7.77. The SMILES string of the molecule is COc1ccc(OC2CC3CN(CC(C)c4ccc(O)cn4)C[C@H]3C2)cc1. The second-order valence-corrected chi connectivity index (χ2v) is 7.97. The van der Waals surface area contributed by atoms with Crippen molar-refractivity contribution in [2.75, 3.05) is 26.7 Å². The fourth-order valence-electron chi connectivity index (χ4n) is 4.60. The molecule has 0 amide bonds. The predicted molar refractivity (Wildman–Crippen MR) is 104 cm³/mol. The molecule has 1 aliphatic carbocycles. The molecule has 4 rings (SSSR count). The van der Waals surface area contributed by atoms with Gasteiger partial charge in [-0.05, 0) is 61.1 Å². The smallest absolute Gasteiger partial charge is 0.133 e. The van der Waals surface area contributed by atoms with Crippen molar-refractivity contribution >= 4 is 0 Å². The van der Waals surface area contributed by atoms with E-state index < -0.39 is 0 Å². The molecule has 1 aliphatic heterocycles. The fraction of sp³-hybridized carbons (Fsp3) is 0.500. The van der Waals surface area contributed by atoms with Crippen molar-refractivity contribution in [2.24, 2.45) is 11.8 Å². The molecule has 2 fully saturated rings. The van der Waals surface area contributed by atoms with Crippen LogP contribution in [0.3, 0.4) is 0 Å². The van der Waals surface area contributed by atoms with Crippen LogP contribution in [0.1, 0.15) is 31.4 Å². The largest absolute Gasteiger partial charge is 0.506 e. The monoisotopic (exact) mass is 368 g/mol.